The summed E-state index contributed by atoms with van der Waals surface area (Å²) in [5.74, 6) is 0.153. The second-order valence-corrected chi connectivity index (χ2v) is 3.07. The summed E-state index contributed by atoms with van der Waals surface area (Å²) in [6.45, 7) is 2.04. The maximum atomic E-state index is 11.3. The summed E-state index contributed by atoms with van der Waals surface area (Å²) in [6, 6.07) is 0. The number of halogens is 1. The lowest BCUT2D eigenvalue weighted by Gasteiger charge is -2.03. The summed E-state index contributed by atoms with van der Waals surface area (Å²) in [5.41, 5.74) is 0.254. The van der Waals surface area contributed by atoms with Gasteiger partial charge in [-0.05, 0) is 6.92 Å². The van der Waals surface area contributed by atoms with E-state index >= 15 is 0 Å². The van der Waals surface area contributed by atoms with Gasteiger partial charge in [0.2, 0.25) is 0 Å². The van der Waals surface area contributed by atoms with Gasteiger partial charge in [0, 0.05) is 6.20 Å². The van der Waals surface area contributed by atoms with Gasteiger partial charge in [-0.2, -0.15) is 0 Å². The highest BCUT2D eigenvalue weighted by atomic mass is 35.5. The maximum absolute atomic E-state index is 11.3. The van der Waals surface area contributed by atoms with Crippen LogP contribution in [0.25, 0.3) is 0 Å². The van der Waals surface area contributed by atoms with Crippen molar-refractivity contribution < 1.29 is 9.53 Å². The zero-order valence-corrected chi connectivity index (χ0v) is 9.18. The highest BCUT2D eigenvalue weighted by molar-refractivity contribution is 7.80. The number of carbonyl (C=O) groups is 1. The molecule has 0 aromatic carbocycles. The third-order valence-electron chi connectivity index (χ3n) is 1.43. The Hall–Kier alpha value is -0.810. The molecule has 1 aromatic heterocycles. The van der Waals surface area contributed by atoms with E-state index in [1.54, 1.807) is 6.92 Å². The minimum Gasteiger partial charge on any atom is -0.462 e. The summed E-state index contributed by atoms with van der Waals surface area (Å²) in [7, 11) is 0. The number of carbonyl (C=O) groups excluding carboxylic acids is 1. The molecule has 0 saturated heterocycles. The second kappa shape index (κ2) is 5.17. The predicted molar refractivity (Wildman–Crippen MR) is 54.8 cm³/mol. The predicted octanol–water partition coefficient (Wildman–Crippen LogP) is 1.68. The van der Waals surface area contributed by atoms with Crippen LogP contribution in [0.15, 0.2) is 11.2 Å². The van der Waals surface area contributed by atoms with Crippen molar-refractivity contribution in [2.75, 3.05) is 6.61 Å². The first kappa shape index (κ1) is 11.3. The molecule has 0 aliphatic carbocycles. The van der Waals surface area contributed by atoms with E-state index in [0.717, 1.165) is 0 Å². The van der Waals surface area contributed by atoms with Gasteiger partial charge in [0.15, 0.2) is 0 Å². The first-order chi connectivity index (χ1) is 6.69. The van der Waals surface area contributed by atoms with Crippen LogP contribution in [0.4, 0.5) is 0 Å². The zero-order valence-electron chi connectivity index (χ0n) is 7.53. The first-order valence-corrected chi connectivity index (χ1v) is 4.95. The minimum absolute atomic E-state index is 0.191. The van der Waals surface area contributed by atoms with Crippen molar-refractivity contribution in [3.8, 4) is 0 Å². The van der Waals surface area contributed by atoms with Crippen LogP contribution in [-0.2, 0) is 10.6 Å². The number of aromatic nitrogens is 2. The zero-order chi connectivity index (χ0) is 10.6. The summed E-state index contributed by atoms with van der Waals surface area (Å²) >= 11 is 9.56. The molecule has 0 amide bonds. The van der Waals surface area contributed by atoms with Crippen LogP contribution in [0.3, 0.4) is 0 Å². The average molecular weight is 233 g/mol. The van der Waals surface area contributed by atoms with Crippen LogP contribution in [0, 0.1) is 0 Å². The molecule has 4 nitrogen and oxygen atoms in total. The fraction of sp³-hybridized carbons (Fsp3) is 0.375. The number of thiol groups is 1. The summed E-state index contributed by atoms with van der Waals surface area (Å²) < 4.78 is 4.78. The molecule has 1 rings (SSSR count). The molecule has 0 aliphatic rings. The van der Waals surface area contributed by atoms with Gasteiger partial charge < -0.3 is 4.74 Å². The number of hydrogen-bond donors (Lipinski definition) is 1. The van der Waals surface area contributed by atoms with Crippen molar-refractivity contribution in [3.05, 3.63) is 17.6 Å². The van der Waals surface area contributed by atoms with E-state index in [9.17, 15) is 4.79 Å². The van der Waals surface area contributed by atoms with Gasteiger partial charge in [0.05, 0.1) is 12.5 Å². The summed E-state index contributed by atoms with van der Waals surface area (Å²) in [4.78, 5) is 19.1. The van der Waals surface area contributed by atoms with Crippen LogP contribution < -0.4 is 0 Å². The first-order valence-electron chi connectivity index (χ1n) is 3.97. The molecular formula is C8H9ClN2O2S. The Balaban J connectivity index is 2.94. The van der Waals surface area contributed by atoms with Crippen molar-refractivity contribution in [3.63, 3.8) is 0 Å². The van der Waals surface area contributed by atoms with Crippen LogP contribution in [0.1, 0.15) is 23.1 Å². The molecule has 0 N–H and O–H groups in total. The Kier molecular flexibility index (Phi) is 4.16. The molecule has 0 spiro atoms. The van der Waals surface area contributed by atoms with Gasteiger partial charge in [-0.1, -0.05) is 0 Å². The average Bonchev–Trinajstić information content (AvgIpc) is 2.17. The van der Waals surface area contributed by atoms with Gasteiger partial charge in [-0.15, -0.1) is 24.2 Å². The van der Waals surface area contributed by atoms with Gasteiger partial charge in [0.1, 0.15) is 16.4 Å². The van der Waals surface area contributed by atoms with Crippen LogP contribution >= 0.6 is 24.2 Å². The lowest BCUT2D eigenvalue weighted by molar-refractivity contribution is 0.0520. The van der Waals surface area contributed by atoms with Gasteiger partial charge >= 0.3 is 5.97 Å². The molecule has 76 valence electrons. The van der Waals surface area contributed by atoms with E-state index in [0.29, 0.717) is 12.4 Å². The molecule has 0 bridgehead atoms. The second-order valence-electron chi connectivity index (χ2n) is 2.38. The molecule has 1 aromatic rings. The quantitative estimate of drug-likeness (QED) is 0.373. The van der Waals surface area contributed by atoms with E-state index in [1.165, 1.54) is 6.20 Å². The lowest BCUT2D eigenvalue weighted by atomic mass is 10.3. The standard InChI is InChI=1S/C8H9ClN2O2S/c1-2-13-8(12)5-4-10-6(3-9)11-7(5)14/h4H,2-3H2,1H3,(H,10,11,14). The van der Waals surface area contributed by atoms with E-state index in [2.05, 4.69) is 22.6 Å². The molecule has 0 saturated carbocycles. The van der Waals surface area contributed by atoms with E-state index in [4.69, 9.17) is 16.3 Å². The smallest absolute Gasteiger partial charge is 0.342 e. The third-order valence-corrected chi connectivity index (χ3v) is 2.01. The SMILES string of the molecule is CCOC(=O)c1cnc(CCl)nc1S. The van der Waals surface area contributed by atoms with Crippen LogP contribution in [0.5, 0.6) is 0 Å². The molecular weight excluding hydrogens is 224 g/mol. The van der Waals surface area contributed by atoms with Gasteiger partial charge in [-0.3, -0.25) is 0 Å². The van der Waals surface area contributed by atoms with Gasteiger partial charge in [-0.25, -0.2) is 14.8 Å². The number of nitrogens with zero attached hydrogens (tertiary/aromatic N) is 2. The molecule has 0 aliphatic heterocycles. The van der Waals surface area contributed by atoms with E-state index in [-0.39, 0.29) is 16.5 Å². The highest BCUT2D eigenvalue weighted by Crippen LogP contribution is 2.12. The Labute approximate surface area is 92.1 Å². The molecule has 6 heteroatoms. The number of esters is 1. The summed E-state index contributed by atoms with van der Waals surface area (Å²) in [6.07, 6.45) is 1.37. The van der Waals surface area contributed by atoms with Crippen LogP contribution in [-0.4, -0.2) is 22.5 Å². The highest BCUT2D eigenvalue weighted by Gasteiger charge is 2.12. The minimum atomic E-state index is -0.473. The Morgan fingerprint density at radius 1 is 1.71 bits per heavy atom. The summed E-state index contributed by atoms with van der Waals surface area (Å²) in [5, 5.41) is 0.286. The normalized spacial score (nSPS) is 9.93. The number of hydrogen-bond acceptors (Lipinski definition) is 5. The van der Waals surface area contributed by atoms with Crippen molar-refractivity contribution in [2.24, 2.45) is 0 Å². The fourth-order valence-electron chi connectivity index (χ4n) is 0.825. The fourth-order valence-corrected chi connectivity index (χ4v) is 1.22. The molecule has 0 unspecified atom stereocenters. The molecule has 14 heavy (non-hydrogen) atoms. The van der Waals surface area contributed by atoms with Crippen molar-refractivity contribution in [2.45, 2.75) is 17.8 Å². The third kappa shape index (κ3) is 2.59. The van der Waals surface area contributed by atoms with Crippen LogP contribution in [0.2, 0.25) is 0 Å². The molecule has 1 heterocycles. The van der Waals surface area contributed by atoms with Crippen molar-refractivity contribution >= 4 is 30.2 Å². The lowest BCUT2D eigenvalue weighted by Crippen LogP contribution is -2.08. The number of alkyl halides is 1. The monoisotopic (exact) mass is 232 g/mol. The van der Waals surface area contributed by atoms with Crippen molar-refractivity contribution in [1.82, 2.24) is 9.97 Å². The molecule has 0 atom stereocenters. The number of ether oxygens (including phenoxy) is 1. The Morgan fingerprint density at radius 2 is 2.43 bits per heavy atom. The Morgan fingerprint density at radius 3 is 2.93 bits per heavy atom. The van der Waals surface area contributed by atoms with Crippen molar-refractivity contribution in [1.29, 1.82) is 0 Å². The van der Waals surface area contributed by atoms with E-state index in [1.807, 2.05) is 0 Å². The van der Waals surface area contributed by atoms with Gasteiger partial charge in [0.25, 0.3) is 0 Å². The largest absolute Gasteiger partial charge is 0.462 e. The topological polar surface area (TPSA) is 52.1 Å². The van der Waals surface area contributed by atoms with E-state index < -0.39 is 5.97 Å². The Bertz CT molecular complexity index is 346. The number of rotatable bonds is 3. The molecule has 0 fully saturated rings. The molecule has 0 radical (unpaired) electrons. The maximum Gasteiger partial charge on any atom is 0.342 e.